The molecular formula is C17H22N2OS. The molecule has 3 rings (SSSR count). The molecule has 1 atom stereocenters. The summed E-state index contributed by atoms with van der Waals surface area (Å²) in [4.78, 5) is 4.76. The average molecular weight is 302 g/mol. The minimum Gasteiger partial charge on any atom is -0.491 e. The van der Waals surface area contributed by atoms with Crippen LogP contribution in [0.4, 0.5) is 0 Å². The third kappa shape index (κ3) is 3.11. The van der Waals surface area contributed by atoms with Gasteiger partial charge in [-0.15, -0.1) is 11.3 Å². The lowest BCUT2D eigenvalue weighted by Crippen LogP contribution is -2.51. The molecule has 3 nitrogen and oxygen atoms in total. The third-order valence-electron chi connectivity index (χ3n) is 3.85. The highest BCUT2D eigenvalue weighted by Crippen LogP contribution is 2.31. The van der Waals surface area contributed by atoms with Gasteiger partial charge in [0.05, 0.1) is 16.2 Å². The molecule has 21 heavy (non-hydrogen) atoms. The zero-order chi connectivity index (χ0) is 15.1. The van der Waals surface area contributed by atoms with Crippen molar-refractivity contribution in [2.75, 3.05) is 6.61 Å². The van der Waals surface area contributed by atoms with Crippen LogP contribution in [0.5, 0.6) is 5.75 Å². The molecule has 4 heteroatoms. The molecule has 2 heterocycles. The number of para-hydroxylation sites is 1. The standard InChI is InChI=1S/C17H22N2OS/c1-16(2,3)14-10-21-15(19-14)9-17(18)8-12-6-4-5-7-13(12)20-11-17/h4-7,10H,8-9,11,18H2,1-3H3. The quantitative estimate of drug-likeness (QED) is 0.926. The van der Waals surface area contributed by atoms with Crippen LogP contribution in [0.2, 0.25) is 0 Å². The Morgan fingerprint density at radius 3 is 2.81 bits per heavy atom. The number of rotatable bonds is 2. The fourth-order valence-electron chi connectivity index (χ4n) is 2.59. The van der Waals surface area contributed by atoms with Gasteiger partial charge in [-0.2, -0.15) is 0 Å². The number of aromatic nitrogens is 1. The molecule has 1 aromatic heterocycles. The number of hydrogen-bond donors (Lipinski definition) is 1. The molecule has 1 unspecified atom stereocenters. The number of benzene rings is 1. The van der Waals surface area contributed by atoms with Gasteiger partial charge in [0.1, 0.15) is 12.4 Å². The summed E-state index contributed by atoms with van der Waals surface area (Å²) in [5.74, 6) is 0.966. The van der Waals surface area contributed by atoms with Crippen molar-refractivity contribution in [2.24, 2.45) is 5.73 Å². The molecule has 112 valence electrons. The van der Waals surface area contributed by atoms with E-state index < -0.39 is 0 Å². The number of fused-ring (bicyclic) bond motifs is 1. The number of thiazole rings is 1. The minimum absolute atomic E-state index is 0.0895. The van der Waals surface area contributed by atoms with Crippen LogP contribution < -0.4 is 10.5 Å². The Bertz CT molecular complexity index is 644. The van der Waals surface area contributed by atoms with Crippen LogP contribution in [-0.4, -0.2) is 17.1 Å². The molecule has 2 N–H and O–H groups in total. The summed E-state index contributed by atoms with van der Waals surface area (Å²) in [5.41, 5.74) is 8.63. The molecular weight excluding hydrogens is 280 g/mol. The predicted octanol–water partition coefficient (Wildman–Crippen LogP) is 3.32. The molecule has 0 spiro atoms. The summed E-state index contributed by atoms with van der Waals surface area (Å²) in [6.45, 7) is 7.10. The highest BCUT2D eigenvalue weighted by atomic mass is 32.1. The van der Waals surface area contributed by atoms with Crippen LogP contribution in [0.3, 0.4) is 0 Å². The van der Waals surface area contributed by atoms with E-state index in [4.69, 9.17) is 15.5 Å². The molecule has 1 aromatic carbocycles. The van der Waals surface area contributed by atoms with Crippen molar-refractivity contribution < 1.29 is 4.74 Å². The maximum atomic E-state index is 6.57. The molecule has 1 aliphatic heterocycles. The van der Waals surface area contributed by atoms with Crippen LogP contribution in [0, 0.1) is 0 Å². The molecule has 0 bridgehead atoms. The van der Waals surface area contributed by atoms with Gasteiger partial charge in [0, 0.05) is 17.2 Å². The van der Waals surface area contributed by atoms with Gasteiger partial charge < -0.3 is 10.5 Å². The maximum absolute atomic E-state index is 6.57. The summed E-state index contributed by atoms with van der Waals surface area (Å²) in [6.07, 6.45) is 1.61. The Morgan fingerprint density at radius 2 is 2.10 bits per heavy atom. The van der Waals surface area contributed by atoms with Gasteiger partial charge in [0.2, 0.25) is 0 Å². The highest BCUT2D eigenvalue weighted by Gasteiger charge is 2.33. The van der Waals surface area contributed by atoms with E-state index in [9.17, 15) is 0 Å². The molecule has 1 aliphatic rings. The predicted molar refractivity (Wildman–Crippen MR) is 87.1 cm³/mol. The number of ether oxygens (including phenoxy) is 1. The molecule has 0 aliphatic carbocycles. The van der Waals surface area contributed by atoms with E-state index in [1.54, 1.807) is 11.3 Å². The summed E-state index contributed by atoms with van der Waals surface area (Å²) < 4.78 is 5.84. The Balaban J connectivity index is 1.78. The first kappa shape index (κ1) is 14.5. The minimum atomic E-state index is -0.360. The molecule has 0 saturated carbocycles. The molecule has 0 saturated heterocycles. The van der Waals surface area contributed by atoms with Crippen molar-refractivity contribution in [3.63, 3.8) is 0 Å². The molecule has 0 radical (unpaired) electrons. The maximum Gasteiger partial charge on any atom is 0.122 e. The van der Waals surface area contributed by atoms with Crippen LogP contribution in [0.1, 0.15) is 37.0 Å². The van der Waals surface area contributed by atoms with Gasteiger partial charge in [0.15, 0.2) is 0 Å². The van der Waals surface area contributed by atoms with E-state index in [1.807, 2.05) is 18.2 Å². The van der Waals surface area contributed by atoms with Crippen molar-refractivity contribution in [3.05, 3.63) is 45.9 Å². The Hall–Kier alpha value is -1.39. The van der Waals surface area contributed by atoms with Gasteiger partial charge in [0.25, 0.3) is 0 Å². The van der Waals surface area contributed by atoms with E-state index in [0.717, 1.165) is 29.3 Å². The van der Waals surface area contributed by atoms with Gasteiger partial charge in [-0.3, -0.25) is 0 Å². The van der Waals surface area contributed by atoms with E-state index >= 15 is 0 Å². The number of nitrogens with two attached hydrogens (primary N) is 1. The fourth-order valence-corrected chi connectivity index (χ4v) is 3.77. The Labute approximate surface area is 130 Å². The van der Waals surface area contributed by atoms with Crippen molar-refractivity contribution >= 4 is 11.3 Å². The van der Waals surface area contributed by atoms with Crippen molar-refractivity contribution in [1.29, 1.82) is 0 Å². The lowest BCUT2D eigenvalue weighted by Gasteiger charge is -2.34. The number of nitrogens with zero attached hydrogens (tertiary/aromatic N) is 1. The van der Waals surface area contributed by atoms with Gasteiger partial charge in [-0.05, 0) is 18.1 Å². The van der Waals surface area contributed by atoms with Crippen molar-refractivity contribution in [1.82, 2.24) is 4.98 Å². The van der Waals surface area contributed by atoms with E-state index in [1.165, 1.54) is 5.56 Å². The summed E-state index contributed by atoms with van der Waals surface area (Å²) in [7, 11) is 0. The first-order chi connectivity index (χ1) is 9.86. The summed E-state index contributed by atoms with van der Waals surface area (Å²) >= 11 is 1.70. The lowest BCUT2D eigenvalue weighted by atomic mass is 9.87. The van der Waals surface area contributed by atoms with Crippen LogP contribution in [0.15, 0.2) is 29.6 Å². The van der Waals surface area contributed by atoms with Crippen molar-refractivity contribution in [2.45, 2.75) is 44.6 Å². The largest absolute Gasteiger partial charge is 0.491 e. The van der Waals surface area contributed by atoms with E-state index in [-0.39, 0.29) is 11.0 Å². The Morgan fingerprint density at radius 1 is 1.33 bits per heavy atom. The highest BCUT2D eigenvalue weighted by molar-refractivity contribution is 7.09. The second-order valence-corrected chi connectivity index (χ2v) is 7.93. The second-order valence-electron chi connectivity index (χ2n) is 6.99. The summed E-state index contributed by atoms with van der Waals surface area (Å²) in [5, 5.41) is 3.25. The summed E-state index contributed by atoms with van der Waals surface area (Å²) in [6, 6.07) is 8.14. The fraction of sp³-hybridized carbons (Fsp3) is 0.471. The third-order valence-corrected chi connectivity index (χ3v) is 4.70. The van der Waals surface area contributed by atoms with Gasteiger partial charge in [-0.25, -0.2) is 4.98 Å². The monoisotopic (exact) mass is 302 g/mol. The zero-order valence-electron chi connectivity index (χ0n) is 12.8. The topological polar surface area (TPSA) is 48.1 Å². The smallest absolute Gasteiger partial charge is 0.122 e. The van der Waals surface area contributed by atoms with Crippen LogP contribution in [0.25, 0.3) is 0 Å². The number of hydrogen-bond acceptors (Lipinski definition) is 4. The molecule has 0 amide bonds. The average Bonchev–Trinajstić information content (AvgIpc) is 2.86. The zero-order valence-corrected chi connectivity index (χ0v) is 13.7. The SMILES string of the molecule is CC(C)(C)c1csc(CC2(N)COc3ccccc3C2)n1. The second kappa shape index (κ2) is 5.11. The first-order valence-electron chi connectivity index (χ1n) is 7.30. The van der Waals surface area contributed by atoms with E-state index in [2.05, 4.69) is 32.2 Å². The lowest BCUT2D eigenvalue weighted by molar-refractivity contribution is 0.189. The van der Waals surface area contributed by atoms with E-state index in [0.29, 0.717) is 6.61 Å². The first-order valence-corrected chi connectivity index (χ1v) is 8.18. The van der Waals surface area contributed by atoms with Gasteiger partial charge in [-0.1, -0.05) is 39.0 Å². The van der Waals surface area contributed by atoms with Crippen LogP contribution >= 0.6 is 11.3 Å². The Kier molecular flexibility index (Phi) is 3.54. The molecule has 0 fully saturated rings. The normalized spacial score (nSPS) is 21.7. The van der Waals surface area contributed by atoms with Crippen molar-refractivity contribution in [3.8, 4) is 5.75 Å². The van der Waals surface area contributed by atoms with Gasteiger partial charge >= 0.3 is 0 Å². The van der Waals surface area contributed by atoms with Crippen LogP contribution in [-0.2, 0) is 18.3 Å². The molecule has 2 aromatic rings.